The summed E-state index contributed by atoms with van der Waals surface area (Å²) in [6, 6.07) is 4.38. The molecule has 5 heteroatoms. The summed E-state index contributed by atoms with van der Waals surface area (Å²) in [5.74, 6) is -1.96. The molecular weight excluding hydrogens is 249 g/mol. The quantitative estimate of drug-likeness (QED) is 0.890. The third-order valence-corrected chi connectivity index (χ3v) is 3.57. The predicted molar refractivity (Wildman–Crippen MR) is 69.1 cm³/mol. The van der Waals surface area contributed by atoms with E-state index in [2.05, 4.69) is 11.9 Å². The van der Waals surface area contributed by atoms with Gasteiger partial charge in [0.2, 0.25) is 0 Å². The lowest BCUT2D eigenvalue weighted by Crippen LogP contribution is -2.26. The molecule has 1 saturated heterocycles. The number of rotatable bonds is 5. The van der Waals surface area contributed by atoms with Crippen molar-refractivity contribution < 1.29 is 19.0 Å². The number of carbonyl (C=O) groups is 1. The van der Waals surface area contributed by atoms with E-state index in [1.807, 2.05) is 0 Å². The maximum atomic E-state index is 13.6. The van der Waals surface area contributed by atoms with Gasteiger partial charge in [-0.1, -0.05) is 6.07 Å². The van der Waals surface area contributed by atoms with Gasteiger partial charge >= 0.3 is 5.97 Å². The van der Waals surface area contributed by atoms with Crippen molar-refractivity contribution in [2.45, 2.75) is 25.3 Å². The predicted octanol–water partition coefficient (Wildman–Crippen LogP) is 2.39. The highest BCUT2D eigenvalue weighted by atomic mass is 19.1. The van der Waals surface area contributed by atoms with E-state index in [-0.39, 0.29) is 11.3 Å². The van der Waals surface area contributed by atoms with Crippen LogP contribution in [0.25, 0.3) is 0 Å². The zero-order valence-corrected chi connectivity index (χ0v) is 10.9. The summed E-state index contributed by atoms with van der Waals surface area (Å²) in [6.45, 7) is 1.40. The van der Waals surface area contributed by atoms with Crippen LogP contribution in [0.15, 0.2) is 18.2 Å². The maximum Gasteiger partial charge on any atom is 0.339 e. The lowest BCUT2D eigenvalue weighted by atomic mass is 10.1. The van der Waals surface area contributed by atoms with Crippen molar-refractivity contribution in [1.29, 1.82) is 0 Å². The molecule has 1 aliphatic rings. The first-order chi connectivity index (χ1) is 9.09. The standard InChI is InChI=1S/C14H18FNO3/c1-16-8-3-4-10(16)7-9-19-13-11(14(17)18)5-2-6-12(13)15/h2,5-6,10H,3-4,7-9H2,1H3,(H,17,18). The largest absolute Gasteiger partial charge is 0.490 e. The van der Waals surface area contributed by atoms with E-state index >= 15 is 0 Å². The Morgan fingerprint density at radius 1 is 1.58 bits per heavy atom. The Kier molecular flexibility index (Phi) is 4.37. The van der Waals surface area contributed by atoms with Crippen molar-refractivity contribution in [3.8, 4) is 5.75 Å². The molecule has 0 saturated carbocycles. The van der Waals surface area contributed by atoms with Gasteiger partial charge in [0, 0.05) is 6.04 Å². The monoisotopic (exact) mass is 267 g/mol. The number of benzene rings is 1. The number of halogens is 1. The van der Waals surface area contributed by atoms with Crippen molar-refractivity contribution in [2.24, 2.45) is 0 Å². The maximum absolute atomic E-state index is 13.6. The highest BCUT2D eigenvalue weighted by Crippen LogP contribution is 2.24. The van der Waals surface area contributed by atoms with Gasteiger partial charge in [-0.05, 0) is 45.0 Å². The summed E-state index contributed by atoms with van der Waals surface area (Å²) in [5, 5.41) is 8.99. The minimum Gasteiger partial charge on any atom is -0.490 e. The van der Waals surface area contributed by atoms with Crippen molar-refractivity contribution in [1.82, 2.24) is 4.90 Å². The molecule has 1 unspecified atom stereocenters. The van der Waals surface area contributed by atoms with E-state index in [9.17, 15) is 9.18 Å². The Balaban J connectivity index is 1.97. The van der Waals surface area contributed by atoms with Gasteiger partial charge in [-0.2, -0.15) is 0 Å². The second-order valence-corrected chi connectivity index (χ2v) is 4.84. The molecule has 1 aliphatic heterocycles. The van der Waals surface area contributed by atoms with E-state index in [0.717, 1.165) is 19.4 Å². The molecule has 0 amide bonds. The van der Waals surface area contributed by atoms with Gasteiger partial charge < -0.3 is 14.7 Å². The first kappa shape index (κ1) is 13.8. The van der Waals surface area contributed by atoms with E-state index in [1.165, 1.54) is 24.6 Å². The van der Waals surface area contributed by atoms with Gasteiger partial charge in [0.25, 0.3) is 0 Å². The van der Waals surface area contributed by atoms with E-state index in [0.29, 0.717) is 12.6 Å². The molecule has 1 aromatic rings. The highest BCUT2D eigenvalue weighted by molar-refractivity contribution is 5.90. The second kappa shape index (κ2) is 6.02. The van der Waals surface area contributed by atoms with E-state index in [4.69, 9.17) is 9.84 Å². The zero-order valence-electron chi connectivity index (χ0n) is 10.9. The normalized spacial score (nSPS) is 19.6. The number of carboxylic acids is 1. The summed E-state index contributed by atoms with van der Waals surface area (Å²) in [6.07, 6.45) is 3.06. The van der Waals surface area contributed by atoms with Gasteiger partial charge in [-0.25, -0.2) is 9.18 Å². The molecule has 1 heterocycles. The van der Waals surface area contributed by atoms with Crippen LogP contribution in [0.4, 0.5) is 4.39 Å². The lowest BCUT2D eigenvalue weighted by Gasteiger charge is -2.19. The number of aromatic carboxylic acids is 1. The van der Waals surface area contributed by atoms with Crippen LogP contribution in [-0.2, 0) is 0 Å². The molecule has 1 atom stereocenters. The first-order valence-corrected chi connectivity index (χ1v) is 6.44. The highest BCUT2D eigenvalue weighted by Gasteiger charge is 2.21. The number of hydrogen-bond donors (Lipinski definition) is 1. The van der Waals surface area contributed by atoms with Crippen molar-refractivity contribution in [2.75, 3.05) is 20.2 Å². The van der Waals surface area contributed by atoms with Gasteiger partial charge in [0.1, 0.15) is 5.56 Å². The molecule has 19 heavy (non-hydrogen) atoms. The number of likely N-dealkylation sites (tertiary alicyclic amines) is 1. The summed E-state index contributed by atoms with van der Waals surface area (Å²) in [7, 11) is 2.06. The molecule has 2 rings (SSSR count). The molecule has 0 radical (unpaired) electrons. The van der Waals surface area contributed by atoms with Crippen LogP contribution in [-0.4, -0.2) is 42.2 Å². The van der Waals surface area contributed by atoms with Gasteiger partial charge in [-0.15, -0.1) is 0 Å². The molecule has 1 N–H and O–H groups in total. The molecule has 1 aromatic carbocycles. The van der Waals surface area contributed by atoms with Crippen LogP contribution in [0.2, 0.25) is 0 Å². The third-order valence-electron chi connectivity index (χ3n) is 3.57. The number of nitrogens with zero attached hydrogens (tertiary/aromatic N) is 1. The lowest BCUT2D eigenvalue weighted by molar-refractivity contribution is 0.0690. The molecule has 0 bridgehead atoms. The molecule has 4 nitrogen and oxygen atoms in total. The molecule has 104 valence electrons. The Morgan fingerprint density at radius 3 is 3.00 bits per heavy atom. The van der Waals surface area contributed by atoms with Gasteiger partial charge in [-0.3, -0.25) is 0 Å². The fourth-order valence-corrected chi connectivity index (χ4v) is 2.46. The topological polar surface area (TPSA) is 49.8 Å². The average molecular weight is 267 g/mol. The first-order valence-electron chi connectivity index (χ1n) is 6.44. The minimum absolute atomic E-state index is 0.125. The van der Waals surface area contributed by atoms with Crippen molar-refractivity contribution in [3.05, 3.63) is 29.6 Å². The number of ether oxygens (including phenoxy) is 1. The van der Waals surface area contributed by atoms with Crippen LogP contribution in [0.5, 0.6) is 5.75 Å². The Bertz CT molecular complexity index is 464. The van der Waals surface area contributed by atoms with Gasteiger partial charge in [0.15, 0.2) is 11.6 Å². The Labute approximate surface area is 111 Å². The van der Waals surface area contributed by atoms with E-state index in [1.54, 1.807) is 0 Å². The second-order valence-electron chi connectivity index (χ2n) is 4.84. The smallest absolute Gasteiger partial charge is 0.339 e. The number of hydrogen-bond acceptors (Lipinski definition) is 3. The summed E-state index contributed by atoms with van der Waals surface area (Å²) in [4.78, 5) is 13.2. The van der Waals surface area contributed by atoms with Crippen LogP contribution in [0.3, 0.4) is 0 Å². The number of carboxylic acid groups (broad SMARTS) is 1. The van der Waals surface area contributed by atoms with Crippen molar-refractivity contribution in [3.63, 3.8) is 0 Å². The number of para-hydroxylation sites is 1. The average Bonchev–Trinajstić information content (AvgIpc) is 2.77. The van der Waals surface area contributed by atoms with Crippen LogP contribution < -0.4 is 4.74 Å². The molecular formula is C14H18FNO3. The molecule has 0 aliphatic carbocycles. The van der Waals surface area contributed by atoms with Crippen LogP contribution in [0.1, 0.15) is 29.6 Å². The fourth-order valence-electron chi connectivity index (χ4n) is 2.46. The van der Waals surface area contributed by atoms with Crippen molar-refractivity contribution >= 4 is 5.97 Å². The zero-order chi connectivity index (χ0) is 13.8. The molecule has 0 spiro atoms. The minimum atomic E-state index is -1.17. The fraction of sp³-hybridized carbons (Fsp3) is 0.500. The van der Waals surface area contributed by atoms with Gasteiger partial charge in [0.05, 0.1) is 6.61 Å². The summed E-state index contributed by atoms with van der Waals surface area (Å²) in [5.41, 5.74) is -0.125. The van der Waals surface area contributed by atoms with E-state index < -0.39 is 11.8 Å². The Hall–Kier alpha value is -1.62. The van der Waals surface area contributed by atoms with Crippen LogP contribution >= 0.6 is 0 Å². The Morgan fingerprint density at radius 2 is 2.37 bits per heavy atom. The third kappa shape index (κ3) is 3.23. The molecule has 1 fully saturated rings. The SMILES string of the molecule is CN1CCCC1CCOc1c(F)cccc1C(=O)O. The van der Waals surface area contributed by atoms with Crippen LogP contribution in [0, 0.1) is 5.82 Å². The summed E-state index contributed by atoms with van der Waals surface area (Å²) >= 11 is 0. The molecule has 0 aromatic heterocycles. The summed E-state index contributed by atoms with van der Waals surface area (Å²) < 4.78 is 18.9.